The van der Waals surface area contributed by atoms with Crippen LogP contribution in [0.3, 0.4) is 0 Å². The molecule has 28 heavy (non-hydrogen) atoms. The van der Waals surface area contributed by atoms with E-state index in [1.54, 1.807) is 13.2 Å². The summed E-state index contributed by atoms with van der Waals surface area (Å²) in [6, 6.07) is 4.03. The monoisotopic (exact) mass is 517 g/mol. The van der Waals surface area contributed by atoms with Crippen LogP contribution in [-0.2, 0) is 13.1 Å². The first kappa shape index (κ1) is 22.7. The van der Waals surface area contributed by atoms with Gasteiger partial charge in [0.1, 0.15) is 11.6 Å². The third-order valence-electron chi connectivity index (χ3n) is 4.57. The summed E-state index contributed by atoms with van der Waals surface area (Å²) < 4.78 is 2.19. The summed E-state index contributed by atoms with van der Waals surface area (Å²) >= 11 is 6.27. The van der Waals surface area contributed by atoms with Crippen LogP contribution in [0.2, 0.25) is 5.02 Å². The fourth-order valence-corrected chi connectivity index (χ4v) is 3.54. The quantitative estimate of drug-likeness (QED) is 0.350. The van der Waals surface area contributed by atoms with Crippen molar-refractivity contribution >= 4 is 47.4 Å². The molecule has 0 aliphatic carbocycles. The largest absolute Gasteiger partial charge is 0.353 e. The van der Waals surface area contributed by atoms with Crippen molar-refractivity contribution in [2.75, 3.05) is 25.0 Å². The highest BCUT2D eigenvalue weighted by molar-refractivity contribution is 14.0. The average molecular weight is 518 g/mol. The van der Waals surface area contributed by atoms with E-state index in [9.17, 15) is 0 Å². The number of nitrogens with one attached hydrogen (secondary N) is 2. The zero-order valence-electron chi connectivity index (χ0n) is 16.6. The summed E-state index contributed by atoms with van der Waals surface area (Å²) in [6.45, 7) is 7.78. The van der Waals surface area contributed by atoms with Crippen LogP contribution in [-0.4, -0.2) is 46.7 Å². The number of rotatable bonds is 6. The van der Waals surface area contributed by atoms with E-state index in [0.717, 1.165) is 43.7 Å². The summed E-state index contributed by atoms with van der Waals surface area (Å²) in [5, 5.41) is 7.56. The van der Waals surface area contributed by atoms with Gasteiger partial charge < -0.3 is 20.1 Å². The van der Waals surface area contributed by atoms with Gasteiger partial charge in [0, 0.05) is 51.3 Å². The number of nitrogens with zero attached hydrogens (tertiary/aromatic N) is 5. The molecule has 0 spiro atoms. The predicted octanol–water partition coefficient (Wildman–Crippen LogP) is 3.15. The molecule has 1 aliphatic heterocycles. The number of guanidine groups is 1. The molecule has 2 aromatic rings. The fourth-order valence-electron chi connectivity index (χ4n) is 3.30. The van der Waals surface area contributed by atoms with E-state index in [4.69, 9.17) is 11.6 Å². The van der Waals surface area contributed by atoms with Crippen LogP contribution in [0.1, 0.15) is 26.1 Å². The Morgan fingerprint density at radius 1 is 1.36 bits per heavy atom. The van der Waals surface area contributed by atoms with Crippen LogP contribution in [0.15, 0.2) is 35.7 Å². The Labute approximate surface area is 189 Å². The van der Waals surface area contributed by atoms with Gasteiger partial charge in [-0.05, 0) is 24.5 Å². The van der Waals surface area contributed by atoms with Gasteiger partial charge in [-0.1, -0.05) is 25.4 Å². The Balaban J connectivity index is 0.00000280. The number of halogens is 2. The third kappa shape index (κ3) is 5.97. The maximum atomic E-state index is 6.27. The van der Waals surface area contributed by atoms with Crippen molar-refractivity contribution in [3.05, 3.63) is 41.6 Å². The van der Waals surface area contributed by atoms with Gasteiger partial charge in [-0.15, -0.1) is 24.0 Å². The Kier molecular flexibility index (Phi) is 8.81. The van der Waals surface area contributed by atoms with Crippen LogP contribution in [0.25, 0.3) is 0 Å². The van der Waals surface area contributed by atoms with Crippen LogP contribution in [0.5, 0.6) is 0 Å². The number of hydrogen-bond donors (Lipinski definition) is 2. The maximum absolute atomic E-state index is 6.27. The van der Waals surface area contributed by atoms with Gasteiger partial charge >= 0.3 is 0 Å². The first-order chi connectivity index (χ1) is 13.1. The molecule has 7 nitrogen and oxygen atoms in total. The smallest absolute Gasteiger partial charge is 0.191 e. The fraction of sp³-hybridized carbons (Fsp3) is 0.526. The van der Waals surface area contributed by atoms with E-state index < -0.39 is 0 Å². The minimum absolute atomic E-state index is 0. The molecule has 3 heterocycles. The third-order valence-corrected chi connectivity index (χ3v) is 4.86. The molecule has 1 saturated heterocycles. The SMILES string of the molecule is CN=C(NCc1nccn1CC(C)C)NC1CCN(c2ncccc2Cl)C1.I. The lowest BCUT2D eigenvalue weighted by Crippen LogP contribution is -2.44. The zero-order chi connectivity index (χ0) is 19.2. The molecule has 0 bridgehead atoms. The molecular weight excluding hydrogens is 489 g/mol. The summed E-state index contributed by atoms with van der Waals surface area (Å²) in [5.41, 5.74) is 0. The molecule has 0 aromatic carbocycles. The minimum atomic E-state index is 0. The van der Waals surface area contributed by atoms with Gasteiger partial charge in [0.05, 0.1) is 11.6 Å². The molecule has 2 N–H and O–H groups in total. The van der Waals surface area contributed by atoms with Crippen molar-refractivity contribution in [1.82, 2.24) is 25.2 Å². The van der Waals surface area contributed by atoms with Crippen molar-refractivity contribution in [2.45, 2.75) is 39.4 Å². The van der Waals surface area contributed by atoms with Crippen molar-refractivity contribution < 1.29 is 0 Å². The topological polar surface area (TPSA) is 70.4 Å². The number of pyridine rings is 1. The molecule has 2 aromatic heterocycles. The Bertz CT molecular complexity index is 777. The molecule has 154 valence electrons. The zero-order valence-corrected chi connectivity index (χ0v) is 19.7. The van der Waals surface area contributed by atoms with Gasteiger partial charge in [0.2, 0.25) is 0 Å². The minimum Gasteiger partial charge on any atom is -0.353 e. The summed E-state index contributed by atoms with van der Waals surface area (Å²) in [6.07, 6.45) is 6.66. The summed E-state index contributed by atoms with van der Waals surface area (Å²) in [5.74, 6) is 3.23. The lowest BCUT2D eigenvalue weighted by atomic mass is 10.2. The standard InChI is InChI=1S/C19H28ClN7.HI/c1-14(2)12-26-10-8-22-17(26)11-24-19(21-3)25-15-6-9-27(13-15)18-16(20)5-4-7-23-18;/h4-5,7-8,10,14-15H,6,9,11-13H2,1-3H3,(H2,21,24,25);1H. The summed E-state index contributed by atoms with van der Waals surface area (Å²) in [4.78, 5) is 15.4. The molecule has 0 saturated carbocycles. The second kappa shape index (κ2) is 10.8. The van der Waals surface area contributed by atoms with Crippen molar-refractivity contribution in [3.8, 4) is 0 Å². The Morgan fingerprint density at radius 3 is 2.89 bits per heavy atom. The predicted molar refractivity (Wildman–Crippen MR) is 126 cm³/mol. The van der Waals surface area contributed by atoms with Gasteiger partial charge in [0.25, 0.3) is 0 Å². The number of imidazole rings is 1. The molecule has 0 radical (unpaired) electrons. The highest BCUT2D eigenvalue weighted by atomic mass is 127. The van der Waals surface area contributed by atoms with Crippen LogP contribution >= 0.6 is 35.6 Å². The highest BCUT2D eigenvalue weighted by Gasteiger charge is 2.25. The number of anilines is 1. The van der Waals surface area contributed by atoms with Crippen molar-refractivity contribution in [1.29, 1.82) is 0 Å². The van der Waals surface area contributed by atoms with E-state index in [-0.39, 0.29) is 24.0 Å². The van der Waals surface area contributed by atoms with E-state index >= 15 is 0 Å². The van der Waals surface area contributed by atoms with Gasteiger partial charge in [0.15, 0.2) is 5.96 Å². The molecule has 1 aliphatic rings. The lowest BCUT2D eigenvalue weighted by Gasteiger charge is -2.20. The average Bonchev–Trinajstić information content (AvgIpc) is 3.28. The van der Waals surface area contributed by atoms with Gasteiger partial charge in [-0.3, -0.25) is 4.99 Å². The summed E-state index contributed by atoms with van der Waals surface area (Å²) in [7, 11) is 1.79. The maximum Gasteiger partial charge on any atom is 0.191 e. The Morgan fingerprint density at radius 2 is 2.18 bits per heavy atom. The van der Waals surface area contributed by atoms with Gasteiger partial charge in [-0.25, -0.2) is 9.97 Å². The first-order valence-electron chi connectivity index (χ1n) is 9.39. The molecule has 1 atom stereocenters. The van der Waals surface area contributed by atoms with Crippen LogP contribution < -0.4 is 15.5 Å². The molecule has 1 unspecified atom stereocenters. The second-order valence-corrected chi connectivity index (χ2v) is 7.61. The number of aliphatic imine (C=N–C) groups is 1. The van der Waals surface area contributed by atoms with E-state index in [1.165, 1.54) is 0 Å². The van der Waals surface area contributed by atoms with E-state index in [0.29, 0.717) is 23.5 Å². The normalized spacial score (nSPS) is 17.0. The van der Waals surface area contributed by atoms with Gasteiger partial charge in [-0.2, -0.15) is 0 Å². The van der Waals surface area contributed by atoms with E-state index in [2.05, 4.69) is 48.9 Å². The van der Waals surface area contributed by atoms with Crippen molar-refractivity contribution in [2.24, 2.45) is 10.9 Å². The van der Waals surface area contributed by atoms with E-state index in [1.807, 2.05) is 24.5 Å². The molecule has 0 amide bonds. The van der Waals surface area contributed by atoms with Crippen molar-refractivity contribution in [3.63, 3.8) is 0 Å². The first-order valence-corrected chi connectivity index (χ1v) is 9.77. The molecule has 3 rings (SSSR count). The highest BCUT2D eigenvalue weighted by Crippen LogP contribution is 2.25. The van der Waals surface area contributed by atoms with Crippen LogP contribution in [0, 0.1) is 5.92 Å². The lowest BCUT2D eigenvalue weighted by molar-refractivity contribution is 0.503. The number of hydrogen-bond acceptors (Lipinski definition) is 4. The molecule has 1 fully saturated rings. The molecular formula is C19H29ClIN7. The Hall–Kier alpha value is -1.55. The second-order valence-electron chi connectivity index (χ2n) is 7.20. The van der Waals surface area contributed by atoms with Crippen LogP contribution in [0.4, 0.5) is 5.82 Å². The molecule has 9 heteroatoms. The number of aromatic nitrogens is 3.